The van der Waals surface area contributed by atoms with E-state index < -0.39 is 0 Å². The lowest BCUT2D eigenvalue weighted by molar-refractivity contribution is -0.137. The van der Waals surface area contributed by atoms with Gasteiger partial charge in [-0.15, -0.1) is 11.3 Å². The molecule has 3 aromatic heterocycles. The molecule has 1 aliphatic rings. The highest BCUT2D eigenvalue weighted by Gasteiger charge is 2.31. The molecule has 9 nitrogen and oxygen atoms in total. The topological polar surface area (TPSA) is 93.5 Å². The maximum absolute atomic E-state index is 13.1. The predicted octanol–water partition coefficient (Wildman–Crippen LogP) is 2.13. The molecule has 174 valence electrons. The number of ether oxygens (including phenoxy) is 1. The number of carbonyl (C=O) groups is 2. The smallest absolute Gasteiger partial charge is 0.242 e. The van der Waals surface area contributed by atoms with Crippen LogP contribution in [0.2, 0.25) is 0 Å². The molecule has 0 N–H and O–H groups in total. The molecule has 1 fully saturated rings. The van der Waals surface area contributed by atoms with Crippen molar-refractivity contribution in [3.8, 4) is 0 Å². The molecule has 1 atom stereocenters. The molecule has 0 radical (unpaired) electrons. The van der Waals surface area contributed by atoms with E-state index in [-0.39, 0.29) is 30.2 Å². The maximum atomic E-state index is 13.1. The Bertz CT molecular complexity index is 1090. The highest BCUT2D eigenvalue weighted by Crippen LogP contribution is 2.23. The van der Waals surface area contributed by atoms with Crippen LogP contribution in [0, 0.1) is 6.92 Å². The molecule has 4 rings (SSSR count). The van der Waals surface area contributed by atoms with E-state index in [0.29, 0.717) is 26.2 Å². The number of amides is 2. The minimum Gasteiger partial charge on any atom is -0.370 e. The highest BCUT2D eigenvalue weighted by atomic mass is 32.2. The van der Waals surface area contributed by atoms with Crippen molar-refractivity contribution in [1.29, 1.82) is 0 Å². The van der Waals surface area contributed by atoms with Gasteiger partial charge in [0.1, 0.15) is 0 Å². The first-order chi connectivity index (χ1) is 16.0. The van der Waals surface area contributed by atoms with Crippen molar-refractivity contribution >= 4 is 34.9 Å². The number of thioether (sulfide) groups is 1. The lowest BCUT2D eigenvalue weighted by atomic mass is 10.2. The van der Waals surface area contributed by atoms with Gasteiger partial charge in [-0.25, -0.2) is 4.98 Å². The van der Waals surface area contributed by atoms with Crippen LogP contribution in [-0.4, -0.2) is 72.9 Å². The Hall–Kier alpha value is -2.76. The molecule has 1 unspecified atom stereocenters. The van der Waals surface area contributed by atoms with E-state index in [1.807, 2.05) is 37.7 Å². The van der Waals surface area contributed by atoms with Crippen LogP contribution in [0.5, 0.6) is 0 Å². The minimum absolute atomic E-state index is 0.0334. The number of nitrogens with zero attached hydrogens (tertiary/aromatic N) is 6. The third-order valence-corrected chi connectivity index (χ3v) is 7.29. The number of thiazole rings is 1. The fourth-order valence-corrected chi connectivity index (χ4v) is 5.26. The van der Waals surface area contributed by atoms with Gasteiger partial charge in [0.2, 0.25) is 11.8 Å². The van der Waals surface area contributed by atoms with Crippen LogP contribution in [0.4, 0.5) is 0 Å². The van der Waals surface area contributed by atoms with E-state index in [1.54, 1.807) is 33.1 Å². The van der Waals surface area contributed by atoms with E-state index in [1.165, 1.54) is 23.1 Å². The van der Waals surface area contributed by atoms with E-state index in [2.05, 4.69) is 15.1 Å². The number of hydrogen-bond donors (Lipinski definition) is 0. The Kier molecular flexibility index (Phi) is 7.73. The van der Waals surface area contributed by atoms with Crippen molar-refractivity contribution in [2.75, 3.05) is 25.4 Å². The second-order valence-electron chi connectivity index (χ2n) is 7.90. The molecule has 33 heavy (non-hydrogen) atoms. The van der Waals surface area contributed by atoms with Crippen molar-refractivity contribution < 1.29 is 14.3 Å². The molecule has 4 heterocycles. The molecular formula is C22H26N6O3S2. The zero-order valence-electron chi connectivity index (χ0n) is 18.6. The number of carbonyl (C=O) groups excluding carboxylic acids is 2. The summed E-state index contributed by atoms with van der Waals surface area (Å²) in [5.74, 6) is 0.0409. The van der Waals surface area contributed by atoms with E-state index in [0.717, 1.165) is 21.2 Å². The Morgan fingerprint density at radius 2 is 2.09 bits per heavy atom. The quantitative estimate of drug-likeness (QED) is 0.450. The summed E-state index contributed by atoms with van der Waals surface area (Å²) in [7, 11) is 1.84. The van der Waals surface area contributed by atoms with Gasteiger partial charge in [-0.1, -0.05) is 11.8 Å². The first-order valence-corrected chi connectivity index (χ1v) is 12.4. The fraction of sp³-hybridized carbons (Fsp3) is 0.409. The maximum Gasteiger partial charge on any atom is 0.242 e. The molecule has 0 spiro atoms. The number of rotatable bonds is 8. The van der Waals surface area contributed by atoms with Crippen molar-refractivity contribution in [2.45, 2.75) is 30.5 Å². The molecule has 0 aromatic carbocycles. The summed E-state index contributed by atoms with van der Waals surface area (Å²) in [6.07, 6.45) is 6.77. The lowest BCUT2D eigenvalue weighted by Gasteiger charge is -2.24. The van der Waals surface area contributed by atoms with E-state index >= 15 is 0 Å². The van der Waals surface area contributed by atoms with Gasteiger partial charge < -0.3 is 14.5 Å². The van der Waals surface area contributed by atoms with Gasteiger partial charge in [-0.3, -0.25) is 19.3 Å². The summed E-state index contributed by atoms with van der Waals surface area (Å²) in [6.45, 7) is 3.54. The van der Waals surface area contributed by atoms with Gasteiger partial charge >= 0.3 is 0 Å². The standard InChI is InChI=1S/C22H26N6O3S2/c1-16-14-32-22(25-16)33-15-21(30)28-11-19(31-13-17-3-5-23-6-4-17)10-27(20(29)12-28)9-18-7-24-26(2)8-18/h3-8,14,19H,9-13,15H2,1-2H3. The van der Waals surface area contributed by atoms with Crippen LogP contribution in [0.15, 0.2) is 46.6 Å². The molecule has 1 saturated heterocycles. The molecule has 0 aliphatic carbocycles. The van der Waals surface area contributed by atoms with Gasteiger partial charge in [0.25, 0.3) is 0 Å². The van der Waals surface area contributed by atoms with Crippen molar-refractivity contribution in [1.82, 2.24) is 29.5 Å². The SMILES string of the molecule is Cc1csc(SCC(=O)N2CC(=O)N(Cc3cnn(C)c3)CC(OCc3ccncc3)C2)n1. The summed E-state index contributed by atoms with van der Waals surface area (Å²) < 4.78 is 8.73. The Morgan fingerprint density at radius 1 is 1.27 bits per heavy atom. The summed E-state index contributed by atoms with van der Waals surface area (Å²) in [5.41, 5.74) is 2.87. The zero-order chi connectivity index (χ0) is 23.2. The fourth-order valence-electron chi connectivity index (χ4n) is 3.51. The highest BCUT2D eigenvalue weighted by molar-refractivity contribution is 8.01. The number of hydrogen-bond acceptors (Lipinski definition) is 8. The molecule has 11 heteroatoms. The van der Waals surface area contributed by atoms with Crippen molar-refractivity contribution in [2.24, 2.45) is 7.05 Å². The summed E-state index contributed by atoms with van der Waals surface area (Å²) >= 11 is 2.92. The molecule has 3 aromatic rings. The third-order valence-electron chi connectivity index (χ3n) is 5.16. The average molecular weight is 487 g/mol. The Balaban J connectivity index is 1.44. The zero-order valence-corrected chi connectivity index (χ0v) is 20.2. The number of aromatic nitrogens is 4. The molecule has 2 amide bonds. The summed E-state index contributed by atoms with van der Waals surface area (Å²) in [6, 6.07) is 3.79. The van der Waals surface area contributed by atoms with Gasteiger partial charge in [0.15, 0.2) is 4.34 Å². The number of aryl methyl sites for hydroxylation is 2. The van der Waals surface area contributed by atoms with Gasteiger partial charge in [-0.2, -0.15) is 5.10 Å². The normalized spacial score (nSPS) is 16.8. The van der Waals surface area contributed by atoms with Crippen LogP contribution in [0.25, 0.3) is 0 Å². The first kappa shape index (κ1) is 23.4. The van der Waals surface area contributed by atoms with E-state index in [4.69, 9.17) is 4.74 Å². The van der Waals surface area contributed by atoms with Crippen LogP contribution in [0.1, 0.15) is 16.8 Å². The second kappa shape index (κ2) is 10.9. The monoisotopic (exact) mass is 486 g/mol. The first-order valence-electron chi connectivity index (χ1n) is 10.5. The van der Waals surface area contributed by atoms with Crippen LogP contribution in [0.3, 0.4) is 0 Å². The third kappa shape index (κ3) is 6.62. The summed E-state index contributed by atoms with van der Waals surface area (Å²) in [5, 5.41) is 6.15. The Labute approximate surface area is 200 Å². The summed E-state index contributed by atoms with van der Waals surface area (Å²) in [4.78, 5) is 37.8. The Morgan fingerprint density at radius 3 is 2.79 bits per heavy atom. The van der Waals surface area contributed by atoms with Crippen molar-refractivity contribution in [3.05, 3.63) is 59.1 Å². The molecular weight excluding hydrogens is 460 g/mol. The van der Waals surface area contributed by atoms with Gasteiger partial charge in [0, 0.05) is 61.9 Å². The molecule has 0 bridgehead atoms. The average Bonchev–Trinajstić information content (AvgIpc) is 3.38. The molecule has 1 aliphatic heterocycles. The van der Waals surface area contributed by atoms with Crippen molar-refractivity contribution in [3.63, 3.8) is 0 Å². The van der Waals surface area contributed by atoms with Crippen LogP contribution in [-0.2, 0) is 34.5 Å². The minimum atomic E-state index is -0.308. The van der Waals surface area contributed by atoms with E-state index in [9.17, 15) is 9.59 Å². The number of pyridine rings is 1. The largest absolute Gasteiger partial charge is 0.370 e. The molecule has 0 saturated carbocycles. The lowest BCUT2D eigenvalue weighted by Crippen LogP contribution is -2.40. The van der Waals surface area contributed by atoms with Crippen LogP contribution < -0.4 is 0 Å². The predicted molar refractivity (Wildman–Crippen MR) is 126 cm³/mol. The second-order valence-corrected chi connectivity index (χ2v) is 9.98. The van der Waals surface area contributed by atoms with Crippen LogP contribution >= 0.6 is 23.1 Å². The van der Waals surface area contributed by atoms with Gasteiger partial charge in [-0.05, 0) is 24.6 Å². The van der Waals surface area contributed by atoms with Gasteiger partial charge in [0.05, 0.1) is 31.2 Å².